The van der Waals surface area contributed by atoms with Crippen LogP contribution in [0.1, 0.15) is 0 Å². The van der Waals surface area contributed by atoms with E-state index < -0.39 is 47.4 Å². The van der Waals surface area contributed by atoms with Gasteiger partial charge in [0, 0.05) is 0 Å². The molecule has 0 aromatic carbocycles. The summed E-state index contributed by atoms with van der Waals surface area (Å²) < 4.78 is 15.6. The number of hydrogen-bond acceptors (Lipinski definition) is 15. The molecule has 0 aliphatic heterocycles. The van der Waals surface area contributed by atoms with Gasteiger partial charge in [-0.3, -0.25) is 13.7 Å². The highest BCUT2D eigenvalue weighted by Gasteiger charge is 2.57. The molecule has 0 amide bonds. The lowest BCUT2D eigenvalue weighted by Gasteiger charge is -2.31. The Morgan fingerprint density at radius 3 is 0.703 bits per heavy atom. The predicted octanol–water partition coefficient (Wildman–Crippen LogP) is 2.36. The molecule has 0 aliphatic rings. The highest BCUT2D eigenvalue weighted by Crippen LogP contribution is 2.39. The Bertz CT molecular complexity index is 1010. The largest absolute Gasteiger partial charge is 0.722 e. The molecule has 0 radical (unpaired) electrons. The van der Waals surface area contributed by atoms with Crippen molar-refractivity contribution in [2.24, 2.45) is 0 Å². The molecule has 19 heteroatoms. The Kier molecular flexibility index (Phi) is 10.9. The molecule has 0 spiro atoms. The van der Waals surface area contributed by atoms with Crippen LogP contribution in [0.4, 0.5) is 0 Å². The standard InChI is InChI=1S/C18H18BN9O6Si3/c1-35(2,16(7-20,8-21)9-22)32-29-19(30-33-36(3,4)17(10-23,11-24)12-25)31-34-37(5,6)18(13-26,14-27)15-28/h1-6H3. The summed E-state index contributed by atoms with van der Waals surface area (Å²) in [5, 5.41) is 77.5. The molecular formula is C18H18BN9O6Si3. The molecular weight excluding hydrogens is 533 g/mol. The summed E-state index contributed by atoms with van der Waals surface area (Å²) >= 11 is 0. The predicted molar refractivity (Wildman–Crippen MR) is 123 cm³/mol. The van der Waals surface area contributed by atoms with Crippen LogP contribution in [0.5, 0.6) is 0 Å². The fourth-order valence-electron chi connectivity index (χ4n) is 2.15. The minimum Gasteiger partial charge on any atom is -0.293 e. The maximum Gasteiger partial charge on any atom is 0.722 e. The SMILES string of the molecule is C[Si](C)(OOB(OO[Si](C)(C)C(C#N)(C#N)C#N)OO[Si](C)(C)C(C#N)(C#N)C#N)C(C#N)(C#N)C#N. The molecule has 0 N–H and O–H groups in total. The zero-order valence-electron chi connectivity index (χ0n) is 20.6. The molecule has 0 atom stereocenters. The summed E-state index contributed by atoms with van der Waals surface area (Å²) in [6, 6.07) is 14.1. The van der Waals surface area contributed by atoms with Crippen molar-refractivity contribution < 1.29 is 28.1 Å². The van der Waals surface area contributed by atoms with Gasteiger partial charge in [0.2, 0.25) is 15.1 Å². The van der Waals surface area contributed by atoms with Gasteiger partial charge in [0.05, 0.1) is 54.6 Å². The van der Waals surface area contributed by atoms with Crippen molar-refractivity contribution >= 4 is 32.3 Å². The topological polar surface area (TPSA) is 269 Å². The second kappa shape index (κ2) is 12.2. The summed E-state index contributed by atoms with van der Waals surface area (Å²) in [7, 11) is -13.2. The van der Waals surface area contributed by atoms with Crippen LogP contribution < -0.4 is 0 Å². The Hall–Kier alpha value is -4.11. The van der Waals surface area contributed by atoms with Crippen molar-refractivity contribution in [2.75, 3.05) is 0 Å². The molecule has 0 aromatic rings. The zero-order chi connectivity index (χ0) is 29.2. The first kappa shape index (κ1) is 32.9. The fourth-order valence-corrected chi connectivity index (χ4v) is 5.91. The van der Waals surface area contributed by atoms with Gasteiger partial charge in [-0.1, -0.05) is 0 Å². The number of nitrogens with zero attached hydrogens (tertiary/aromatic N) is 9. The Balaban J connectivity index is 6.18. The third-order valence-electron chi connectivity index (χ3n) is 5.22. The van der Waals surface area contributed by atoms with E-state index in [-0.39, 0.29) is 0 Å². The van der Waals surface area contributed by atoms with Gasteiger partial charge in [-0.2, -0.15) is 47.4 Å². The first-order valence-electron chi connectivity index (χ1n) is 9.83. The Morgan fingerprint density at radius 2 is 0.568 bits per heavy atom. The van der Waals surface area contributed by atoms with Crippen LogP contribution in [0.25, 0.3) is 0 Å². The van der Waals surface area contributed by atoms with Crippen LogP contribution in [0.3, 0.4) is 0 Å². The summed E-state index contributed by atoms with van der Waals surface area (Å²) in [5.41, 5.74) is 0. The van der Waals surface area contributed by atoms with Gasteiger partial charge in [-0.15, -0.1) is 0 Å². The van der Waals surface area contributed by atoms with E-state index >= 15 is 0 Å². The minimum atomic E-state index is -3.68. The van der Waals surface area contributed by atoms with Crippen molar-refractivity contribution in [3.63, 3.8) is 0 Å². The van der Waals surface area contributed by atoms with E-state index in [0.717, 1.165) is 0 Å². The monoisotopic (exact) mass is 551 g/mol. The van der Waals surface area contributed by atoms with E-state index in [2.05, 4.69) is 0 Å². The van der Waals surface area contributed by atoms with Gasteiger partial charge in [0.25, 0.3) is 25.0 Å². The third kappa shape index (κ3) is 6.18. The summed E-state index contributed by atoms with van der Waals surface area (Å²) in [6.45, 7) is 7.73. The quantitative estimate of drug-likeness (QED) is 0.191. The van der Waals surface area contributed by atoms with Gasteiger partial charge < -0.3 is 0 Å². The van der Waals surface area contributed by atoms with Crippen LogP contribution in [-0.2, 0) is 28.1 Å². The van der Waals surface area contributed by atoms with Crippen LogP contribution >= 0.6 is 0 Å². The summed E-state index contributed by atoms with van der Waals surface area (Å²) in [5.74, 6) is 0. The highest BCUT2D eigenvalue weighted by atomic mass is 28.4. The highest BCUT2D eigenvalue weighted by molar-refractivity contribution is 6.78. The summed E-state index contributed by atoms with van der Waals surface area (Å²) in [4.78, 5) is 15.0. The summed E-state index contributed by atoms with van der Waals surface area (Å²) in [6.07, 6.45) is 0. The average Bonchev–Trinajstić information content (AvgIpc) is 2.87. The van der Waals surface area contributed by atoms with Gasteiger partial charge in [-0.25, -0.2) is 14.4 Å². The number of hydrogen-bond donors (Lipinski definition) is 0. The van der Waals surface area contributed by atoms with Gasteiger partial charge >= 0.3 is 7.32 Å². The third-order valence-corrected chi connectivity index (χ3v) is 13.2. The van der Waals surface area contributed by atoms with Crippen molar-refractivity contribution in [2.45, 2.75) is 54.4 Å². The molecule has 0 aromatic heterocycles. The Labute approximate surface area is 216 Å². The fraction of sp³-hybridized carbons (Fsp3) is 0.500. The molecule has 0 unspecified atom stereocenters. The van der Waals surface area contributed by atoms with Crippen molar-refractivity contribution in [1.82, 2.24) is 0 Å². The van der Waals surface area contributed by atoms with Crippen molar-refractivity contribution in [1.29, 1.82) is 47.4 Å². The van der Waals surface area contributed by atoms with E-state index in [0.29, 0.717) is 0 Å². The Morgan fingerprint density at radius 1 is 0.405 bits per heavy atom. The zero-order valence-corrected chi connectivity index (χ0v) is 23.6. The molecule has 15 nitrogen and oxygen atoms in total. The normalized spacial score (nSPS) is 11.9. The van der Waals surface area contributed by atoms with Crippen LogP contribution in [0.2, 0.25) is 54.4 Å². The molecule has 186 valence electrons. The number of rotatable bonds is 12. The van der Waals surface area contributed by atoms with E-state index in [1.54, 1.807) is 54.6 Å². The molecule has 0 saturated carbocycles. The molecule has 0 fully saturated rings. The average molecular weight is 551 g/mol. The van der Waals surface area contributed by atoms with Gasteiger partial charge in [0.1, 0.15) is 0 Å². The van der Waals surface area contributed by atoms with Crippen LogP contribution in [0.15, 0.2) is 0 Å². The lowest BCUT2D eigenvalue weighted by Crippen LogP contribution is -2.50. The molecule has 0 aliphatic carbocycles. The maximum absolute atomic E-state index is 9.36. The van der Waals surface area contributed by atoms with E-state index in [9.17, 15) is 47.4 Å². The molecule has 0 rings (SSSR count). The molecule has 0 saturated heterocycles. The lowest BCUT2D eigenvalue weighted by molar-refractivity contribution is -0.276. The maximum atomic E-state index is 9.36. The smallest absolute Gasteiger partial charge is 0.293 e. The van der Waals surface area contributed by atoms with Crippen molar-refractivity contribution in [3.05, 3.63) is 0 Å². The van der Waals surface area contributed by atoms with E-state index in [1.807, 2.05) is 0 Å². The lowest BCUT2D eigenvalue weighted by atomic mass is 10.2. The van der Waals surface area contributed by atoms with Crippen LogP contribution in [0, 0.1) is 102 Å². The first-order chi connectivity index (χ1) is 17.1. The first-order valence-corrected chi connectivity index (χ1v) is 18.6. The van der Waals surface area contributed by atoms with Crippen molar-refractivity contribution in [3.8, 4) is 54.6 Å². The van der Waals surface area contributed by atoms with Crippen LogP contribution in [-0.4, -0.2) is 32.3 Å². The number of nitriles is 9. The molecule has 0 heterocycles. The second-order valence-corrected chi connectivity index (χ2v) is 20.4. The van der Waals surface area contributed by atoms with E-state index in [4.69, 9.17) is 28.1 Å². The second-order valence-electron chi connectivity index (χ2n) is 8.61. The molecule has 37 heavy (non-hydrogen) atoms. The molecule has 0 bridgehead atoms. The van der Waals surface area contributed by atoms with Gasteiger partial charge in [0.15, 0.2) is 0 Å². The van der Waals surface area contributed by atoms with E-state index in [1.165, 1.54) is 39.3 Å². The minimum absolute atomic E-state index is 1.29. The van der Waals surface area contributed by atoms with Gasteiger partial charge in [-0.05, 0) is 39.3 Å².